The van der Waals surface area contributed by atoms with Crippen LogP contribution in [0.15, 0.2) is 47.4 Å². The highest BCUT2D eigenvalue weighted by Gasteiger charge is 2.21. The molecule has 0 aliphatic heterocycles. The van der Waals surface area contributed by atoms with Gasteiger partial charge in [-0.2, -0.15) is 0 Å². The van der Waals surface area contributed by atoms with Crippen molar-refractivity contribution in [3.8, 4) is 22.9 Å². The quantitative estimate of drug-likeness (QED) is 0.630. The van der Waals surface area contributed by atoms with Crippen LogP contribution in [0.1, 0.15) is 42.5 Å². The van der Waals surface area contributed by atoms with Gasteiger partial charge in [0, 0.05) is 35.1 Å². The standard InChI is InChI=1S/C25H28N2O5/c1-30-21-13-17(14-22(31-2)23(21)32-3)27-15-20(18-11-7-8-12-19(18)25(27)29)24(28)26-16-9-5-4-6-10-16/h7-8,11-16H,4-6,9-10H2,1-3H3,(H,26,28). The van der Waals surface area contributed by atoms with Gasteiger partial charge < -0.3 is 19.5 Å². The normalized spacial score (nSPS) is 14.2. The van der Waals surface area contributed by atoms with Crippen LogP contribution in [0.2, 0.25) is 0 Å². The van der Waals surface area contributed by atoms with Gasteiger partial charge in [-0.05, 0) is 18.9 Å². The Balaban J connectivity index is 1.87. The number of carbonyl (C=O) groups excluding carboxylic acids is 1. The summed E-state index contributed by atoms with van der Waals surface area (Å²) in [5.74, 6) is 1.11. The molecule has 1 heterocycles. The van der Waals surface area contributed by atoms with Crippen molar-refractivity contribution in [2.45, 2.75) is 38.1 Å². The zero-order chi connectivity index (χ0) is 22.7. The molecule has 1 amide bonds. The number of amides is 1. The van der Waals surface area contributed by atoms with Crippen LogP contribution in [-0.2, 0) is 0 Å². The van der Waals surface area contributed by atoms with Crippen LogP contribution in [0.4, 0.5) is 0 Å². The highest BCUT2D eigenvalue weighted by Crippen LogP contribution is 2.39. The first-order chi connectivity index (χ1) is 15.6. The molecule has 1 aliphatic rings. The van der Waals surface area contributed by atoms with Crippen molar-refractivity contribution in [1.82, 2.24) is 9.88 Å². The third-order valence-corrected chi connectivity index (χ3v) is 6.04. The van der Waals surface area contributed by atoms with E-state index < -0.39 is 0 Å². The number of fused-ring (bicyclic) bond motifs is 1. The van der Waals surface area contributed by atoms with E-state index in [-0.39, 0.29) is 17.5 Å². The molecule has 1 aromatic heterocycles. The topological polar surface area (TPSA) is 78.8 Å². The van der Waals surface area contributed by atoms with Crippen molar-refractivity contribution in [3.05, 3.63) is 58.5 Å². The molecule has 1 N–H and O–H groups in total. The average molecular weight is 437 g/mol. The molecule has 0 spiro atoms. The summed E-state index contributed by atoms with van der Waals surface area (Å²) >= 11 is 0. The van der Waals surface area contributed by atoms with Crippen LogP contribution in [0.5, 0.6) is 17.2 Å². The van der Waals surface area contributed by atoms with Gasteiger partial charge in [0.15, 0.2) is 11.5 Å². The Morgan fingerprint density at radius 2 is 1.56 bits per heavy atom. The molecule has 4 rings (SSSR count). The first-order valence-corrected chi connectivity index (χ1v) is 10.8. The van der Waals surface area contributed by atoms with Gasteiger partial charge >= 0.3 is 0 Å². The van der Waals surface area contributed by atoms with Gasteiger partial charge in [-0.1, -0.05) is 37.5 Å². The number of rotatable bonds is 6. The van der Waals surface area contributed by atoms with Gasteiger partial charge in [-0.25, -0.2) is 0 Å². The van der Waals surface area contributed by atoms with E-state index >= 15 is 0 Å². The molecule has 168 valence electrons. The second-order valence-corrected chi connectivity index (χ2v) is 7.96. The van der Waals surface area contributed by atoms with Crippen LogP contribution in [0, 0.1) is 0 Å². The van der Waals surface area contributed by atoms with E-state index in [9.17, 15) is 9.59 Å². The second kappa shape index (κ2) is 9.34. The number of ether oxygens (including phenoxy) is 3. The van der Waals surface area contributed by atoms with E-state index in [0.717, 1.165) is 25.7 Å². The summed E-state index contributed by atoms with van der Waals surface area (Å²) in [6.45, 7) is 0. The Morgan fingerprint density at radius 3 is 2.16 bits per heavy atom. The van der Waals surface area contributed by atoms with Gasteiger partial charge in [0.1, 0.15) is 0 Å². The number of aromatic nitrogens is 1. The lowest BCUT2D eigenvalue weighted by Gasteiger charge is -2.23. The highest BCUT2D eigenvalue weighted by atomic mass is 16.5. The Kier molecular flexibility index (Phi) is 6.35. The molecule has 32 heavy (non-hydrogen) atoms. The molecule has 1 aliphatic carbocycles. The zero-order valence-electron chi connectivity index (χ0n) is 18.6. The summed E-state index contributed by atoms with van der Waals surface area (Å²) in [4.78, 5) is 26.6. The van der Waals surface area contributed by atoms with Crippen molar-refractivity contribution < 1.29 is 19.0 Å². The summed E-state index contributed by atoms with van der Waals surface area (Å²) < 4.78 is 17.7. The largest absolute Gasteiger partial charge is 0.493 e. The SMILES string of the molecule is COc1cc(-n2cc(C(=O)NC3CCCCC3)c3ccccc3c2=O)cc(OC)c1OC. The Morgan fingerprint density at radius 1 is 0.938 bits per heavy atom. The van der Waals surface area contributed by atoms with Crippen LogP contribution in [0.3, 0.4) is 0 Å². The third kappa shape index (κ3) is 4.02. The van der Waals surface area contributed by atoms with Gasteiger partial charge in [-0.3, -0.25) is 14.2 Å². The predicted octanol–water partition coefficient (Wildman–Crippen LogP) is 4.08. The van der Waals surface area contributed by atoms with Crippen molar-refractivity contribution in [2.75, 3.05) is 21.3 Å². The van der Waals surface area contributed by atoms with Gasteiger partial charge in [0.2, 0.25) is 5.75 Å². The Bertz CT molecular complexity index is 1170. The van der Waals surface area contributed by atoms with Crippen molar-refractivity contribution in [3.63, 3.8) is 0 Å². The maximum atomic E-state index is 13.4. The van der Waals surface area contributed by atoms with Crippen LogP contribution < -0.4 is 25.1 Å². The van der Waals surface area contributed by atoms with E-state index in [4.69, 9.17) is 14.2 Å². The fraction of sp³-hybridized carbons (Fsp3) is 0.360. The van der Waals surface area contributed by atoms with E-state index in [2.05, 4.69) is 5.32 Å². The minimum absolute atomic E-state index is 0.163. The molecule has 0 saturated heterocycles. The first-order valence-electron chi connectivity index (χ1n) is 10.8. The lowest BCUT2D eigenvalue weighted by atomic mass is 9.95. The number of methoxy groups -OCH3 is 3. The number of benzene rings is 2. The van der Waals surface area contributed by atoms with Crippen molar-refractivity contribution >= 4 is 16.7 Å². The van der Waals surface area contributed by atoms with Crippen LogP contribution in [-0.4, -0.2) is 37.8 Å². The summed E-state index contributed by atoms with van der Waals surface area (Å²) in [7, 11) is 4.57. The van der Waals surface area contributed by atoms with Crippen molar-refractivity contribution in [1.29, 1.82) is 0 Å². The molecule has 2 aromatic carbocycles. The molecule has 0 bridgehead atoms. The van der Waals surface area contributed by atoms with E-state index in [1.54, 1.807) is 30.5 Å². The number of nitrogens with zero attached hydrogens (tertiary/aromatic N) is 1. The maximum absolute atomic E-state index is 13.4. The number of nitrogens with one attached hydrogen (secondary N) is 1. The maximum Gasteiger partial charge on any atom is 0.263 e. The minimum atomic E-state index is -0.232. The lowest BCUT2D eigenvalue weighted by Crippen LogP contribution is -2.37. The molecule has 0 atom stereocenters. The number of hydrogen-bond acceptors (Lipinski definition) is 5. The van der Waals surface area contributed by atoms with E-state index in [1.807, 2.05) is 12.1 Å². The van der Waals surface area contributed by atoms with Crippen LogP contribution in [0.25, 0.3) is 16.5 Å². The second-order valence-electron chi connectivity index (χ2n) is 7.96. The smallest absolute Gasteiger partial charge is 0.263 e. The van der Waals surface area contributed by atoms with Crippen molar-refractivity contribution in [2.24, 2.45) is 0 Å². The zero-order valence-corrected chi connectivity index (χ0v) is 18.6. The number of pyridine rings is 1. The van der Waals surface area contributed by atoms with Gasteiger partial charge in [-0.15, -0.1) is 0 Å². The molecule has 1 saturated carbocycles. The lowest BCUT2D eigenvalue weighted by molar-refractivity contribution is 0.0929. The molecule has 7 heteroatoms. The molecule has 1 fully saturated rings. The summed E-state index contributed by atoms with van der Waals surface area (Å²) in [6.07, 6.45) is 7.02. The fourth-order valence-corrected chi connectivity index (χ4v) is 4.38. The first kappa shape index (κ1) is 21.7. The average Bonchev–Trinajstić information content (AvgIpc) is 2.84. The predicted molar refractivity (Wildman–Crippen MR) is 124 cm³/mol. The fourth-order valence-electron chi connectivity index (χ4n) is 4.38. The molecule has 0 radical (unpaired) electrons. The summed E-state index contributed by atoms with van der Waals surface area (Å²) in [5, 5.41) is 4.27. The Hall–Kier alpha value is -3.48. The summed E-state index contributed by atoms with van der Waals surface area (Å²) in [6, 6.07) is 10.7. The summed E-state index contributed by atoms with van der Waals surface area (Å²) in [5.41, 5.74) is 0.741. The molecular weight excluding hydrogens is 408 g/mol. The minimum Gasteiger partial charge on any atom is -0.493 e. The molecule has 0 unspecified atom stereocenters. The number of hydrogen-bond donors (Lipinski definition) is 1. The molecule has 7 nitrogen and oxygen atoms in total. The monoisotopic (exact) mass is 436 g/mol. The van der Waals surface area contributed by atoms with Gasteiger partial charge in [0.25, 0.3) is 11.5 Å². The molecular formula is C25H28N2O5. The number of carbonyl (C=O) groups is 1. The van der Waals surface area contributed by atoms with Gasteiger partial charge in [0.05, 0.1) is 32.6 Å². The van der Waals surface area contributed by atoms with E-state index in [0.29, 0.717) is 39.3 Å². The Labute approximate surface area is 186 Å². The third-order valence-electron chi connectivity index (χ3n) is 6.04. The van der Waals surface area contributed by atoms with E-state index in [1.165, 1.54) is 32.3 Å². The molecule has 3 aromatic rings. The highest BCUT2D eigenvalue weighted by molar-refractivity contribution is 6.06. The van der Waals surface area contributed by atoms with Crippen LogP contribution >= 0.6 is 0 Å².